The smallest absolute Gasteiger partial charge is 0.274 e. The van der Waals surface area contributed by atoms with Crippen LogP contribution in [-0.2, 0) is 11.8 Å². The fourth-order valence-corrected chi connectivity index (χ4v) is 3.97. The maximum Gasteiger partial charge on any atom is 0.274 e. The van der Waals surface area contributed by atoms with E-state index in [4.69, 9.17) is 4.74 Å². The zero-order valence-corrected chi connectivity index (χ0v) is 14.5. The quantitative estimate of drug-likeness (QED) is 0.836. The molecule has 2 fully saturated rings. The number of ether oxygens (including phenoxy) is 1. The Balaban J connectivity index is 1.51. The zero-order valence-electron chi connectivity index (χ0n) is 14.5. The van der Waals surface area contributed by atoms with Crippen LogP contribution >= 0.6 is 0 Å². The average molecular weight is 340 g/mol. The second kappa shape index (κ2) is 6.88. The fourth-order valence-electron chi connectivity index (χ4n) is 3.97. The molecule has 2 saturated heterocycles. The van der Waals surface area contributed by atoms with Crippen LogP contribution in [0.15, 0.2) is 42.9 Å². The molecular weight excluding hydrogens is 316 g/mol. The van der Waals surface area contributed by atoms with Gasteiger partial charge in [-0.2, -0.15) is 0 Å². The highest BCUT2D eigenvalue weighted by molar-refractivity contribution is 5.92. The maximum absolute atomic E-state index is 12.7. The maximum atomic E-state index is 12.7. The lowest BCUT2D eigenvalue weighted by Gasteiger charge is -2.42. The Morgan fingerprint density at radius 1 is 1.24 bits per heavy atom. The molecule has 0 radical (unpaired) electrons. The van der Waals surface area contributed by atoms with Gasteiger partial charge < -0.3 is 19.1 Å². The molecule has 0 bridgehead atoms. The van der Waals surface area contributed by atoms with Crippen molar-refractivity contribution < 1.29 is 9.53 Å². The minimum atomic E-state index is 0.0227. The highest BCUT2D eigenvalue weighted by atomic mass is 16.5. The van der Waals surface area contributed by atoms with Crippen molar-refractivity contribution in [3.8, 4) is 0 Å². The molecule has 1 aromatic carbocycles. The van der Waals surface area contributed by atoms with E-state index in [0.29, 0.717) is 24.3 Å². The van der Waals surface area contributed by atoms with Crippen molar-refractivity contribution in [2.45, 2.75) is 12.5 Å². The van der Waals surface area contributed by atoms with Gasteiger partial charge in [-0.1, -0.05) is 18.2 Å². The van der Waals surface area contributed by atoms with E-state index in [2.05, 4.69) is 34.1 Å². The number of rotatable bonds is 2. The number of piperidine rings is 1. The first-order valence-corrected chi connectivity index (χ1v) is 8.89. The number of amides is 1. The van der Waals surface area contributed by atoms with Gasteiger partial charge in [-0.3, -0.25) is 4.79 Å². The molecule has 0 spiro atoms. The van der Waals surface area contributed by atoms with Crippen molar-refractivity contribution in [1.29, 1.82) is 0 Å². The normalized spacial score (nSPS) is 23.9. The monoisotopic (exact) mass is 340 g/mol. The second-order valence-electron chi connectivity index (χ2n) is 6.90. The summed E-state index contributed by atoms with van der Waals surface area (Å²) in [5, 5.41) is 0. The lowest BCUT2D eigenvalue weighted by Crippen LogP contribution is -2.53. The topological polar surface area (TPSA) is 50.6 Å². The second-order valence-corrected chi connectivity index (χ2v) is 6.90. The summed E-state index contributed by atoms with van der Waals surface area (Å²) in [6.07, 6.45) is 4.42. The molecule has 2 aromatic rings. The zero-order chi connectivity index (χ0) is 17.2. The first kappa shape index (κ1) is 16.1. The first-order valence-electron chi connectivity index (χ1n) is 8.89. The minimum absolute atomic E-state index is 0.0227. The number of para-hydroxylation sites is 1. The van der Waals surface area contributed by atoms with Gasteiger partial charge in [0.25, 0.3) is 5.91 Å². The van der Waals surface area contributed by atoms with E-state index in [0.717, 1.165) is 32.7 Å². The standard InChI is InChI=1S/C19H24N4O2/c1-21-12-17(20-14-21)19(24)22-8-7-18-15(11-22)13-25-10-9-23(18)16-5-3-2-4-6-16/h2-6,12,14-15,18H,7-11,13H2,1H3/t15-,18+/m1/s1. The van der Waals surface area contributed by atoms with Crippen LogP contribution in [0.5, 0.6) is 0 Å². The number of likely N-dealkylation sites (tertiary alicyclic amines) is 1. The van der Waals surface area contributed by atoms with Crippen LogP contribution in [0.25, 0.3) is 0 Å². The molecule has 132 valence electrons. The lowest BCUT2D eigenvalue weighted by atomic mass is 9.91. The third-order valence-electron chi connectivity index (χ3n) is 5.20. The molecule has 6 heteroatoms. The van der Waals surface area contributed by atoms with Gasteiger partial charge in [0, 0.05) is 50.5 Å². The lowest BCUT2D eigenvalue weighted by molar-refractivity contribution is 0.0516. The fraction of sp³-hybridized carbons (Fsp3) is 0.474. The Kier molecular flexibility index (Phi) is 4.44. The third-order valence-corrected chi connectivity index (χ3v) is 5.20. The molecule has 2 atom stereocenters. The predicted molar refractivity (Wildman–Crippen MR) is 95.6 cm³/mol. The number of carbonyl (C=O) groups is 1. The summed E-state index contributed by atoms with van der Waals surface area (Å²) in [6.45, 7) is 3.83. The van der Waals surface area contributed by atoms with E-state index < -0.39 is 0 Å². The summed E-state index contributed by atoms with van der Waals surface area (Å²) in [7, 11) is 1.88. The molecule has 3 heterocycles. The predicted octanol–water partition coefficient (Wildman–Crippen LogP) is 1.79. The Morgan fingerprint density at radius 3 is 2.84 bits per heavy atom. The Hall–Kier alpha value is -2.34. The SMILES string of the molecule is Cn1cnc(C(=O)N2CC[C@H]3[C@@H](COCCN3c3ccccc3)C2)c1. The number of hydrogen-bond donors (Lipinski definition) is 0. The van der Waals surface area contributed by atoms with Crippen LogP contribution in [0.3, 0.4) is 0 Å². The highest BCUT2D eigenvalue weighted by Crippen LogP contribution is 2.29. The van der Waals surface area contributed by atoms with Gasteiger partial charge in [0.05, 0.1) is 19.5 Å². The summed E-state index contributed by atoms with van der Waals surface area (Å²) >= 11 is 0. The summed E-state index contributed by atoms with van der Waals surface area (Å²) in [4.78, 5) is 21.3. The Bertz CT molecular complexity index is 730. The summed E-state index contributed by atoms with van der Waals surface area (Å²) in [6, 6.07) is 10.9. The van der Waals surface area contributed by atoms with Crippen LogP contribution in [0.2, 0.25) is 0 Å². The molecule has 0 aliphatic carbocycles. The van der Waals surface area contributed by atoms with Crippen LogP contribution < -0.4 is 4.90 Å². The molecule has 2 aliphatic rings. The Labute approximate surface area is 148 Å². The number of aromatic nitrogens is 2. The van der Waals surface area contributed by atoms with Crippen LogP contribution in [0, 0.1) is 5.92 Å². The minimum Gasteiger partial charge on any atom is -0.379 e. The highest BCUT2D eigenvalue weighted by Gasteiger charge is 2.37. The first-order chi connectivity index (χ1) is 12.2. The number of benzene rings is 1. The van der Waals surface area contributed by atoms with E-state index >= 15 is 0 Å². The van der Waals surface area contributed by atoms with Crippen LogP contribution in [0.1, 0.15) is 16.9 Å². The van der Waals surface area contributed by atoms with E-state index in [1.165, 1.54) is 5.69 Å². The van der Waals surface area contributed by atoms with Gasteiger partial charge >= 0.3 is 0 Å². The van der Waals surface area contributed by atoms with Crippen LogP contribution in [-0.4, -0.2) is 59.2 Å². The Morgan fingerprint density at radius 2 is 2.08 bits per heavy atom. The van der Waals surface area contributed by atoms with Crippen molar-refractivity contribution in [3.05, 3.63) is 48.5 Å². The van der Waals surface area contributed by atoms with Gasteiger partial charge in [0.15, 0.2) is 0 Å². The van der Waals surface area contributed by atoms with Gasteiger partial charge in [0.1, 0.15) is 5.69 Å². The molecule has 0 saturated carbocycles. The summed E-state index contributed by atoms with van der Waals surface area (Å²) in [5.74, 6) is 0.346. The average Bonchev–Trinajstić information content (AvgIpc) is 2.97. The van der Waals surface area contributed by atoms with Crippen molar-refractivity contribution in [3.63, 3.8) is 0 Å². The number of imidazole rings is 1. The van der Waals surface area contributed by atoms with E-state index in [-0.39, 0.29) is 5.91 Å². The van der Waals surface area contributed by atoms with E-state index in [1.807, 2.05) is 22.6 Å². The van der Waals surface area contributed by atoms with Crippen molar-refractivity contribution >= 4 is 11.6 Å². The molecule has 25 heavy (non-hydrogen) atoms. The van der Waals surface area contributed by atoms with Gasteiger partial charge in [-0.05, 0) is 18.6 Å². The van der Waals surface area contributed by atoms with Gasteiger partial charge in [0.2, 0.25) is 0 Å². The van der Waals surface area contributed by atoms with Crippen molar-refractivity contribution in [2.75, 3.05) is 37.7 Å². The molecule has 1 amide bonds. The number of carbonyl (C=O) groups excluding carboxylic acids is 1. The molecule has 1 aromatic heterocycles. The van der Waals surface area contributed by atoms with Crippen molar-refractivity contribution in [1.82, 2.24) is 14.5 Å². The van der Waals surface area contributed by atoms with Gasteiger partial charge in [-0.15, -0.1) is 0 Å². The van der Waals surface area contributed by atoms with E-state index in [1.54, 1.807) is 12.5 Å². The van der Waals surface area contributed by atoms with Crippen LogP contribution in [0.4, 0.5) is 5.69 Å². The number of fused-ring (bicyclic) bond motifs is 1. The number of hydrogen-bond acceptors (Lipinski definition) is 4. The molecule has 6 nitrogen and oxygen atoms in total. The van der Waals surface area contributed by atoms with E-state index in [9.17, 15) is 4.79 Å². The third kappa shape index (κ3) is 3.26. The molecule has 0 N–H and O–H groups in total. The largest absolute Gasteiger partial charge is 0.379 e. The number of anilines is 1. The molecule has 2 aliphatic heterocycles. The molecule has 0 unspecified atom stereocenters. The van der Waals surface area contributed by atoms with Gasteiger partial charge in [-0.25, -0.2) is 4.98 Å². The summed E-state index contributed by atoms with van der Waals surface area (Å²) in [5.41, 5.74) is 1.77. The summed E-state index contributed by atoms with van der Waals surface area (Å²) < 4.78 is 7.67. The number of aryl methyl sites for hydroxylation is 1. The molecular formula is C19H24N4O2. The molecule has 4 rings (SSSR count). The van der Waals surface area contributed by atoms with Crippen molar-refractivity contribution in [2.24, 2.45) is 13.0 Å². The number of nitrogens with zero attached hydrogens (tertiary/aromatic N) is 4.